The molecule has 8 nitrogen and oxygen atoms in total. The van der Waals surface area contributed by atoms with Gasteiger partial charge in [0.1, 0.15) is 5.56 Å². The predicted octanol–water partition coefficient (Wildman–Crippen LogP) is 1.85. The maximum atomic E-state index is 13.5. The molecular formula is C23H30ClN5O3. The summed E-state index contributed by atoms with van der Waals surface area (Å²) in [5.41, 5.74) is 1.89. The minimum Gasteiger partial charge on any atom is -0.371 e. The topological polar surface area (TPSA) is 89.4 Å². The standard InChI is InChI=1S/C23H29N5O3.ClH/c1-15-5-6-27(13-19-12-24-16(2)11-25-19)21(29)20(15)22(30)28-7-8-31-23(14-28)9-17-3-4-18(10-23)26-17;/h5-6,11-12,17-18,26H,3-4,7-10,13-14H2,1-2H3;1H/t17-,18+,23?;. The second-order valence-corrected chi connectivity index (χ2v) is 9.26. The van der Waals surface area contributed by atoms with E-state index in [1.54, 1.807) is 23.2 Å². The summed E-state index contributed by atoms with van der Waals surface area (Å²) >= 11 is 0. The summed E-state index contributed by atoms with van der Waals surface area (Å²) in [6.45, 7) is 5.57. The number of carbonyl (C=O) groups is 1. The van der Waals surface area contributed by atoms with E-state index < -0.39 is 0 Å². The first-order valence-corrected chi connectivity index (χ1v) is 11.1. The molecule has 5 heterocycles. The van der Waals surface area contributed by atoms with Crippen LogP contribution in [0.3, 0.4) is 0 Å². The summed E-state index contributed by atoms with van der Waals surface area (Å²) in [7, 11) is 0. The monoisotopic (exact) mass is 459 g/mol. The zero-order valence-electron chi connectivity index (χ0n) is 18.5. The van der Waals surface area contributed by atoms with E-state index in [0.29, 0.717) is 43.0 Å². The van der Waals surface area contributed by atoms with Crippen LogP contribution >= 0.6 is 12.4 Å². The first-order chi connectivity index (χ1) is 14.9. The highest BCUT2D eigenvalue weighted by Crippen LogP contribution is 2.38. The van der Waals surface area contributed by atoms with Crippen LogP contribution in [0.4, 0.5) is 0 Å². The van der Waals surface area contributed by atoms with Crippen LogP contribution in [0, 0.1) is 13.8 Å². The number of aromatic nitrogens is 3. The van der Waals surface area contributed by atoms with Crippen molar-refractivity contribution >= 4 is 18.3 Å². The van der Waals surface area contributed by atoms with Gasteiger partial charge in [-0.3, -0.25) is 19.6 Å². The number of halogens is 1. The molecular weight excluding hydrogens is 430 g/mol. The van der Waals surface area contributed by atoms with Gasteiger partial charge in [-0.2, -0.15) is 0 Å². The summed E-state index contributed by atoms with van der Waals surface area (Å²) in [6.07, 6.45) is 9.28. The third-order valence-electron chi connectivity index (χ3n) is 6.86. The highest BCUT2D eigenvalue weighted by molar-refractivity contribution is 5.95. The Labute approximate surface area is 193 Å². The van der Waals surface area contributed by atoms with E-state index in [1.165, 1.54) is 12.8 Å². The Morgan fingerprint density at radius 3 is 2.66 bits per heavy atom. The molecule has 2 aromatic rings. The SMILES string of the molecule is Cc1cnc(Cn2ccc(C)c(C(=O)N3CCOC4(C[C@H]5CC[C@@H](C4)N5)C3)c2=O)cn1.Cl. The van der Waals surface area contributed by atoms with Crippen molar-refractivity contribution in [3.63, 3.8) is 0 Å². The maximum absolute atomic E-state index is 13.5. The molecule has 3 fully saturated rings. The summed E-state index contributed by atoms with van der Waals surface area (Å²) < 4.78 is 7.79. The summed E-state index contributed by atoms with van der Waals surface area (Å²) in [4.78, 5) is 37.2. The van der Waals surface area contributed by atoms with E-state index in [4.69, 9.17) is 4.74 Å². The van der Waals surface area contributed by atoms with Crippen LogP contribution in [0.1, 0.15) is 53.0 Å². The Bertz CT molecular complexity index is 1040. The number of hydrogen-bond donors (Lipinski definition) is 1. The Morgan fingerprint density at radius 2 is 1.97 bits per heavy atom. The zero-order chi connectivity index (χ0) is 21.6. The van der Waals surface area contributed by atoms with E-state index in [-0.39, 0.29) is 41.6 Å². The van der Waals surface area contributed by atoms with Crippen LogP contribution in [-0.4, -0.2) is 62.7 Å². The first kappa shape index (κ1) is 22.9. The molecule has 1 N–H and O–H groups in total. The third kappa shape index (κ3) is 4.31. The summed E-state index contributed by atoms with van der Waals surface area (Å²) in [5.74, 6) is -0.194. The second-order valence-electron chi connectivity index (χ2n) is 9.26. The lowest BCUT2D eigenvalue weighted by Gasteiger charge is -2.47. The zero-order valence-corrected chi connectivity index (χ0v) is 19.4. The quantitative estimate of drug-likeness (QED) is 0.753. The van der Waals surface area contributed by atoms with Gasteiger partial charge in [0.2, 0.25) is 0 Å². The van der Waals surface area contributed by atoms with Crippen molar-refractivity contribution in [3.05, 3.63) is 57.5 Å². The van der Waals surface area contributed by atoms with Gasteiger partial charge in [-0.25, -0.2) is 0 Å². The van der Waals surface area contributed by atoms with Gasteiger partial charge in [-0.1, -0.05) is 0 Å². The molecule has 0 radical (unpaired) electrons. The average Bonchev–Trinajstić information content (AvgIpc) is 3.10. The van der Waals surface area contributed by atoms with Gasteiger partial charge in [-0.05, 0) is 51.2 Å². The molecule has 0 saturated carbocycles. The molecule has 172 valence electrons. The number of rotatable bonds is 3. The molecule has 1 spiro atoms. The highest BCUT2D eigenvalue weighted by atomic mass is 35.5. The number of hydrogen-bond acceptors (Lipinski definition) is 6. The van der Waals surface area contributed by atoms with Gasteiger partial charge in [-0.15, -0.1) is 12.4 Å². The Morgan fingerprint density at radius 1 is 1.22 bits per heavy atom. The van der Waals surface area contributed by atoms with Gasteiger partial charge >= 0.3 is 0 Å². The maximum Gasteiger partial charge on any atom is 0.264 e. The molecule has 3 aliphatic rings. The van der Waals surface area contributed by atoms with E-state index in [9.17, 15) is 9.59 Å². The van der Waals surface area contributed by atoms with Crippen LogP contribution in [-0.2, 0) is 11.3 Å². The number of aryl methyl sites for hydroxylation is 2. The number of amides is 1. The molecule has 0 aromatic carbocycles. The van der Waals surface area contributed by atoms with Crippen LogP contribution in [0.15, 0.2) is 29.5 Å². The number of morpholine rings is 1. The van der Waals surface area contributed by atoms with Gasteiger partial charge in [0.15, 0.2) is 0 Å². The van der Waals surface area contributed by atoms with Crippen LogP contribution in [0.25, 0.3) is 0 Å². The fraction of sp³-hybridized carbons (Fsp3) is 0.565. The normalized spacial score (nSPS) is 26.8. The van der Waals surface area contributed by atoms with Crippen molar-refractivity contribution in [1.82, 2.24) is 24.8 Å². The van der Waals surface area contributed by atoms with Gasteiger partial charge in [0.05, 0.1) is 42.9 Å². The van der Waals surface area contributed by atoms with Gasteiger partial charge in [0, 0.05) is 31.0 Å². The molecule has 32 heavy (non-hydrogen) atoms. The number of fused-ring (bicyclic) bond motifs is 2. The van der Waals surface area contributed by atoms with Gasteiger partial charge < -0.3 is 19.5 Å². The molecule has 3 saturated heterocycles. The number of pyridine rings is 1. The minimum absolute atomic E-state index is 0. The Hall–Kier alpha value is -2.29. The molecule has 3 atom stereocenters. The van der Waals surface area contributed by atoms with Crippen LogP contribution in [0.5, 0.6) is 0 Å². The lowest BCUT2D eigenvalue weighted by molar-refractivity contribution is -0.122. The smallest absolute Gasteiger partial charge is 0.264 e. The van der Waals surface area contributed by atoms with Crippen LogP contribution < -0.4 is 10.9 Å². The van der Waals surface area contributed by atoms with Gasteiger partial charge in [0.25, 0.3) is 11.5 Å². The molecule has 9 heteroatoms. The number of carbonyl (C=O) groups excluding carboxylic acids is 1. The van der Waals surface area contributed by atoms with E-state index in [2.05, 4.69) is 15.3 Å². The number of piperidine rings is 1. The molecule has 5 rings (SSSR count). The lowest BCUT2D eigenvalue weighted by Crippen LogP contribution is -2.60. The van der Waals surface area contributed by atoms with Crippen LogP contribution in [0.2, 0.25) is 0 Å². The molecule has 1 amide bonds. The van der Waals surface area contributed by atoms with Crippen molar-refractivity contribution in [2.45, 2.75) is 63.8 Å². The van der Waals surface area contributed by atoms with Crippen molar-refractivity contribution in [2.75, 3.05) is 19.7 Å². The fourth-order valence-corrected chi connectivity index (χ4v) is 5.35. The minimum atomic E-state index is -0.288. The number of ether oxygens (including phenoxy) is 1. The third-order valence-corrected chi connectivity index (χ3v) is 6.86. The van der Waals surface area contributed by atoms with Crippen molar-refractivity contribution in [1.29, 1.82) is 0 Å². The molecule has 0 aliphatic carbocycles. The van der Waals surface area contributed by atoms with Crippen molar-refractivity contribution in [2.24, 2.45) is 0 Å². The largest absolute Gasteiger partial charge is 0.371 e. The predicted molar refractivity (Wildman–Crippen MR) is 122 cm³/mol. The average molecular weight is 460 g/mol. The molecule has 3 aliphatic heterocycles. The molecule has 2 bridgehead atoms. The van der Waals surface area contributed by atoms with E-state index >= 15 is 0 Å². The van der Waals surface area contributed by atoms with Crippen molar-refractivity contribution in [3.8, 4) is 0 Å². The van der Waals surface area contributed by atoms with Crippen molar-refractivity contribution < 1.29 is 9.53 Å². The Kier molecular flexibility index (Phi) is 6.38. The number of nitrogens with one attached hydrogen (secondary N) is 1. The lowest BCUT2D eigenvalue weighted by atomic mass is 9.85. The fourth-order valence-electron chi connectivity index (χ4n) is 5.35. The van der Waals surface area contributed by atoms with E-state index in [1.807, 2.05) is 24.8 Å². The Balaban J connectivity index is 0.00000245. The molecule has 1 unspecified atom stereocenters. The first-order valence-electron chi connectivity index (χ1n) is 11.1. The summed E-state index contributed by atoms with van der Waals surface area (Å²) in [6, 6.07) is 2.78. The number of nitrogens with zero attached hydrogens (tertiary/aromatic N) is 4. The summed E-state index contributed by atoms with van der Waals surface area (Å²) in [5, 5.41) is 3.64. The highest BCUT2D eigenvalue weighted by Gasteiger charge is 2.47. The second kappa shape index (κ2) is 8.92. The molecule has 2 aromatic heterocycles. The van der Waals surface area contributed by atoms with E-state index in [0.717, 1.165) is 18.5 Å².